The number of rotatable bonds is 4. The van der Waals surface area contributed by atoms with E-state index >= 15 is 0 Å². The second-order valence-electron chi connectivity index (χ2n) is 4.56. The molecule has 0 aliphatic carbocycles. The van der Waals surface area contributed by atoms with Crippen molar-refractivity contribution in [1.82, 2.24) is 4.98 Å². The molecule has 0 saturated carbocycles. The summed E-state index contributed by atoms with van der Waals surface area (Å²) in [7, 11) is 0. The third-order valence-electron chi connectivity index (χ3n) is 2.69. The molecule has 0 saturated heterocycles. The van der Waals surface area contributed by atoms with Crippen LogP contribution in [0.4, 0.5) is 0 Å². The Bertz CT molecular complexity index is 536. The van der Waals surface area contributed by atoms with E-state index in [1.165, 1.54) is 22.5 Å². The number of benzene rings is 1. The smallest absolute Gasteiger partial charge is 0.183 e. The Morgan fingerprint density at radius 2 is 2.17 bits per heavy atom. The van der Waals surface area contributed by atoms with Crippen molar-refractivity contribution in [1.29, 1.82) is 0 Å². The van der Waals surface area contributed by atoms with Crippen LogP contribution < -0.4 is 4.74 Å². The van der Waals surface area contributed by atoms with Crippen molar-refractivity contribution in [2.75, 3.05) is 0 Å². The summed E-state index contributed by atoms with van der Waals surface area (Å²) >= 11 is 7.26. The lowest BCUT2D eigenvalue weighted by Gasteiger charge is -2.14. The van der Waals surface area contributed by atoms with Crippen molar-refractivity contribution in [3.05, 3.63) is 44.9 Å². The molecule has 0 unspecified atom stereocenters. The molecule has 1 aromatic heterocycles. The summed E-state index contributed by atoms with van der Waals surface area (Å²) in [4.78, 5) is 5.05. The zero-order valence-corrected chi connectivity index (χ0v) is 12.3. The second-order valence-corrected chi connectivity index (χ2v) is 6.26. The maximum absolute atomic E-state index is 5.89. The Balaban J connectivity index is 2.15. The van der Waals surface area contributed by atoms with Gasteiger partial charge in [0, 0.05) is 6.20 Å². The predicted octanol–water partition coefficient (Wildman–Crippen LogP) is 4.81. The van der Waals surface area contributed by atoms with Crippen LogP contribution in [0.3, 0.4) is 0 Å². The maximum atomic E-state index is 5.89. The van der Waals surface area contributed by atoms with Crippen molar-refractivity contribution in [3.63, 3.8) is 0 Å². The molecule has 1 aromatic carbocycles. The van der Waals surface area contributed by atoms with Gasteiger partial charge in [-0.3, -0.25) is 0 Å². The Morgan fingerprint density at radius 1 is 1.39 bits per heavy atom. The Kier molecular flexibility index (Phi) is 4.25. The fourth-order valence-electron chi connectivity index (χ4n) is 1.74. The second kappa shape index (κ2) is 5.72. The number of thiazole rings is 1. The highest BCUT2D eigenvalue weighted by Crippen LogP contribution is 2.29. The average molecular weight is 282 g/mol. The van der Waals surface area contributed by atoms with Gasteiger partial charge in [0.2, 0.25) is 0 Å². The molecule has 0 bridgehead atoms. The number of aryl methyl sites for hydroxylation is 1. The molecule has 0 fully saturated rings. The summed E-state index contributed by atoms with van der Waals surface area (Å²) in [6.07, 6.45) is 1.76. The van der Waals surface area contributed by atoms with Crippen molar-refractivity contribution in [2.45, 2.75) is 33.3 Å². The molecular formula is C14H16ClNOS. The largest absolute Gasteiger partial charge is 0.488 e. The van der Waals surface area contributed by atoms with Crippen molar-refractivity contribution >= 4 is 22.9 Å². The zero-order valence-electron chi connectivity index (χ0n) is 10.7. The summed E-state index contributed by atoms with van der Waals surface area (Å²) in [5, 5.41) is 0. The van der Waals surface area contributed by atoms with Crippen LogP contribution in [0, 0.1) is 6.92 Å². The number of nitrogens with zero attached hydrogens (tertiary/aromatic N) is 1. The van der Waals surface area contributed by atoms with Gasteiger partial charge in [-0.05, 0) is 30.0 Å². The van der Waals surface area contributed by atoms with E-state index in [1.807, 2.05) is 0 Å². The normalized spacial score (nSPS) is 10.9. The minimum Gasteiger partial charge on any atom is -0.488 e. The number of aromatic nitrogens is 1. The highest BCUT2D eigenvalue weighted by molar-refractivity contribution is 7.15. The Morgan fingerprint density at radius 3 is 2.78 bits per heavy atom. The molecule has 18 heavy (non-hydrogen) atoms. The van der Waals surface area contributed by atoms with Gasteiger partial charge in [-0.1, -0.05) is 37.6 Å². The lowest BCUT2D eigenvalue weighted by Crippen LogP contribution is -1.99. The minimum absolute atomic E-state index is 0.450. The average Bonchev–Trinajstić information content (AvgIpc) is 2.72. The van der Waals surface area contributed by atoms with E-state index in [1.54, 1.807) is 6.20 Å². The van der Waals surface area contributed by atoms with Crippen LogP contribution in [0.5, 0.6) is 5.75 Å². The van der Waals surface area contributed by atoms with E-state index in [0.717, 1.165) is 10.6 Å². The van der Waals surface area contributed by atoms with Gasteiger partial charge in [-0.15, -0.1) is 11.3 Å². The molecular weight excluding hydrogens is 266 g/mol. The highest BCUT2D eigenvalue weighted by atomic mass is 35.5. The van der Waals surface area contributed by atoms with Crippen molar-refractivity contribution < 1.29 is 4.74 Å². The first kappa shape index (κ1) is 13.4. The third kappa shape index (κ3) is 3.24. The molecule has 0 radical (unpaired) electrons. The monoisotopic (exact) mass is 281 g/mol. The Labute approximate surface area is 117 Å². The molecule has 1 heterocycles. The lowest BCUT2D eigenvalue weighted by atomic mass is 10.0. The summed E-state index contributed by atoms with van der Waals surface area (Å²) in [6.45, 7) is 6.93. The molecule has 2 rings (SSSR count). The SMILES string of the molecule is Cc1ccc(C(C)C)c(OCc2cnc(Cl)s2)c1. The van der Waals surface area contributed by atoms with E-state index < -0.39 is 0 Å². The molecule has 2 nitrogen and oxygen atoms in total. The number of hydrogen-bond acceptors (Lipinski definition) is 3. The highest BCUT2D eigenvalue weighted by Gasteiger charge is 2.09. The molecule has 96 valence electrons. The molecule has 0 N–H and O–H groups in total. The van der Waals surface area contributed by atoms with Crippen LogP contribution in [-0.4, -0.2) is 4.98 Å². The summed E-state index contributed by atoms with van der Waals surface area (Å²) < 4.78 is 6.45. The van der Waals surface area contributed by atoms with Crippen LogP contribution in [0.2, 0.25) is 4.47 Å². The summed E-state index contributed by atoms with van der Waals surface area (Å²) in [5.74, 6) is 1.40. The van der Waals surface area contributed by atoms with E-state index in [4.69, 9.17) is 16.3 Å². The van der Waals surface area contributed by atoms with Gasteiger partial charge in [-0.2, -0.15) is 0 Å². The standard InChI is InChI=1S/C14H16ClNOS/c1-9(2)12-5-4-10(3)6-13(12)17-8-11-7-16-14(15)18-11/h4-7,9H,8H2,1-3H3. The van der Waals surface area contributed by atoms with Crippen LogP contribution in [0.25, 0.3) is 0 Å². The van der Waals surface area contributed by atoms with Gasteiger partial charge >= 0.3 is 0 Å². The van der Waals surface area contributed by atoms with Crippen LogP contribution in [-0.2, 0) is 6.61 Å². The fourth-order valence-corrected chi connectivity index (χ4v) is 2.63. The first-order valence-corrected chi connectivity index (χ1v) is 7.09. The van der Waals surface area contributed by atoms with E-state index in [-0.39, 0.29) is 0 Å². The summed E-state index contributed by atoms with van der Waals surface area (Å²) in [5.41, 5.74) is 2.44. The molecule has 2 aromatic rings. The maximum Gasteiger partial charge on any atom is 0.183 e. The molecule has 0 amide bonds. The minimum atomic E-state index is 0.450. The topological polar surface area (TPSA) is 22.1 Å². The molecule has 4 heteroatoms. The van der Waals surface area contributed by atoms with Crippen LogP contribution >= 0.6 is 22.9 Å². The molecule has 0 spiro atoms. The Hall–Kier alpha value is -1.06. The van der Waals surface area contributed by atoms with Gasteiger partial charge in [0.1, 0.15) is 12.4 Å². The first-order chi connectivity index (χ1) is 8.56. The van der Waals surface area contributed by atoms with Gasteiger partial charge in [-0.25, -0.2) is 4.98 Å². The fraction of sp³-hybridized carbons (Fsp3) is 0.357. The summed E-state index contributed by atoms with van der Waals surface area (Å²) in [6, 6.07) is 6.33. The van der Waals surface area contributed by atoms with Crippen LogP contribution in [0.15, 0.2) is 24.4 Å². The number of halogens is 1. The lowest BCUT2D eigenvalue weighted by molar-refractivity contribution is 0.305. The van der Waals surface area contributed by atoms with Crippen molar-refractivity contribution in [3.8, 4) is 5.75 Å². The van der Waals surface area contributed by atoms with Gasteiger partial charge in [0.25, 0.3) is 0 Å². The quantitative estimate of drug-likeness (QED) is 0.802. The van der Waals surface area contributed by atoms with Gasteiger partial charge in [0.05, 0.1) is 4.88 Å². The van der Waals surface area contributed by atoms with E-state index in [2.05, 4.69) is 44.0 Å². The van der Waals surface area contributed by atoms with Crippen molar-refractivity contribution in [2.24, 2.45) is 0 Å². The number of hydrogen-bond donors (Lipinski definition) is 0. The molecule has 0 aliphatic heterocycles. The molecule has 0 atom stereocenters. The predicted molar refractivity (Wildman–Crippen MR) is 76.7 cm³/mol. The van der Waals surface area contributed by atoms with E-state index in [0.29, 0.717) is 17.0 Å². The first-order valence-electron chi connectivity index (χ1n) is 5.90. The van der Waals surface area contributed by atoms with Gasteiger partial charge < -0.3 is 4.74 Å². The number of ether oxygens (including phenoxy) is 1. The van der Waals surface area contributed by atoms with Crippen LogP contribution in [0.1, 0.15) is 35.8 Å². The zero-order chi connectivity index (χ0) is 13.1. The molecule has 0 aliphatic rings. The van der Waals surface area contributed by atoms with E-state index in [9.17, 15) is 0 Å². The third-order valence-corrected chi connectivity index (χ3v) is 3.77. The van der Waals surface area contributed by atoms with Gasteiger partial charge in [0.15, 0.2) is 4.47 Å².